The predicted molar refractivity (Wildman–Crippen MR) is 110 cm³/mol. The molecule has 0 bridgehead atoms. The predicted octanol–water partition coefficient (Wildman–Crippen LogP) is 4.41. The van der Waals surface area contributed by atoms with Gasteiger partial charge in [-0.05, 0) is 43.4 Å². The van der Waals surface area contributed by atoms with Crippen LogP contribution in [0.2, 0.25) is 0 Å². The normalized spacial score (nSPS) is 13.7. The summed E-state index contributed by atoms with van der Waals surface area (Å²) in [5, 5.41) is 2.38. The summed E-state index contributed by atoms with van der Waals surface area (Å²) in [6, 6.07) is 10.3. The maximum absolute atomic E-state index is 12.6. The third-order valence-corrected chi connectivity index (χ3v) is 5.15. The number of ketones is 1. The second-order valence-electron chi connectivity index (χ2n) is 7.68. The number of hydrazine groups is 1. The van der Waals surface area contributed by atoms with Crippen molar-refractivity contribution in [2.45, 2.75) is 59.3 Å². The fourth-order valence-electron chi connectivity index (χ4n) is 2.87. The number of allylic oxidation sites excluding steroid dienone is 2. The average molecular weight is 383 g/mol. The molecule has 0 spiro atoms. The quantitative estimate of drug-likeness (QED) is 0.470. The minimum Gasteiger partial charge on any atom is -0.288 e. The van der Waals surface area contributed by atoms with E-state index in [1.165, 1.54) is 23.0 Å². The molecule has 0 saturated heterocycles. The van der Waals surface area contributed by atoms with Crippen molar-refractivity contribution in [3.8, 4) is 0 Å². The summed E-state index contributed by atoms with van der Waals surface area (Å²) in [6.07, 6.45) is 10.9. The van der Waals surface area contributed by atoms with E-state index in [1.54, 1.807) is 26.0 Å². The zero-order valence-electron chi connectivity index (χ0n) is 17.1. The highest BCUT2D eigenvalue weighted by Crippen LogP contribution is 2.23. The lowest BCUT2D eigenvalue weighted by atomic mass is 9.85. The number of carbonyl (C=O) groups excluding carboxylic acids is 3. The van der Waals surface area contributed by atoms with Crippen LogP contribution in [0.4, 0.5) is 0 Å². The van der Waals surface area contributed by atoms with E-state index in [0.717, 1.165) is 30.7 Å². The number of unbranched alkanes of at least 4 members (excludes halogenated alkanes) is 2. The van der Waals surface area contributed by atoms with Gasteiger partial charge in [-0.1, -0.05) is 57.5 Å². The van der Waals surface area contributed by atoms with Crippen LogP contribution in [0.15, 0.2) is 54.9 Å². The number of Topliss-reactive ketones (excluding diaryl/α,β-unsaturated/α-hetero) is 1. The number of nitrogens with zero attached hydrogens (tertiary/aromatic N) is 2. The highest BCUT2D eigenvalue weighted by Gasteiger charge is 2.36. The van der Waals surface area contributed by atoms with Crippen LogP contribution in [0, 0.1) is 5.41 Å². The van der Waals surface area contributed by atoms with E-state index in [4.69, 9.17) is 0 Å². The molecule has 5 heteroatoms. The molecule has 28 heavy (non-hydrogen) atoms. The third kappa shape index (κ3) is 5.65. The Kier molecular flexibility index (Phi) is 7.73. The van der Waals surface area contributed by atoms with Gasteiger partial charge >= 0.3 is 5.91 Å². The molecule has 1 heterocycles. The summed E-state index contributed by atoms with van der Waals surface area (Å²) in [5.41, 5.74) is 0.546. The standard InChI is InChI=1S/C23H30N2O3/c1-4-23(2,3)21(27)22(28)25-18-12-11-17-24(25)20(26)16-10-6-9-15-19-13-7-5-8-14-19/h5,7-8,11-14,17-18H,4,6,9-10,15-16H2,1-3H3. The number of hydrogen-bond donors (Lipinski definition) is 0. The highest BCUT2D eigenvalue weighted by molar-refractivity contribution is 6.38. The van der Waals surface area contributed by atoms with Gasteiger partial charge in [-0.3, -0.25) is 14.4 Å². The maximum atomic E-state index is 12.6. The summed E-state index contributed by atoms with van der Waals surface area (Å²) < 4.78 is 0. The van der Waals surface area contributed by atoms with Crippen LogP contribution < -0.4 is 0 Å². The topological polar surface area (TPSA) is 57.7 Å². The van der Waals surface area contributed by atoms with Crippen molar-refractivity contribution >= 4 is 17.6 Å². The van der Waals surface area contributed by atoms with Crippen molar-refractivity contribution in [3.05, 3.63) is 60.4 Å². The van der Waals surface area contributed by atoms with Crippen LogP contribution in [0.1, 0.15) is 58.4 Å². The Morgan fingerprint density at radius 1 is 0.893 bits per heavy atom. The molecule has 1 aliphatic rings. The number of hydrogen-bond acceptors (Lipinski definition) is 3. The monoisotopic (exact) mass is 382 g/mol. The highest BCUT2D eigenvalue weighted by atomic mass is 16.2. The second-order valence-corrected chi connectivity index (χ2v) is 7.68. The summed E-state index contributed by atoms with van der Waals surface area (Å²) in [4.78, 5) is 37.8. The van der Waals surface area contributed by atoms with Crippen LogP contribution in [-0.2, 0) is 20.8 Å². The molecular weight excluding hydrogens is 352 g/mol. The minimum absolute atomic E-state index is 0.184. The Morgan fingerprint density at radius 3 is 2.18 bits per heavy atom. The molecule has 150 valence electrons. The van der Waals surface area contributed by atoms with Gasteiger partial charge in [-0.15, -0.1) is 0 Å². The lowest BCUT2D eigenvalue weighted by Crippen LogP contribution is -2.49. The smallest absolute Gasteiger partial charge is 0.288 e. The molecule has 0 radical (unpaired) electrons. The lowest BCUT2D eigenvalue weighted by molar-refractivity contribution is -0.160. The van der Waals surface area contributed by atoms with E-state index in [-0.39, 0.29) is 5.91 Å². The van der Waals surface area contributed by atoms with E-state index < -0.39 is 17.1 Å². The number of aryl methyl sites for hydroxylation is 1. The van der Waals surface area contributed by atoms with Gasteiger partial charge in [0, 0.05) is 24.2 Å². The van der Waals surface area contributed by atoms with Gasteiger partial charge in [-0.25, -0.2) is 10.0 Å². The molecule has 0 N–H and O–H groups in total. The van der Waals surface area contributed by atoms with Gasteiger partial charge in [0.2, 0.25) is 11.7 Å². The summed E-state index contributed by atoms with van der Waals surface area (Å²) >= 11 is 0. The SMILES string of the molecule is CCC(C)(C)C(=O)C(=O)N1C=CC=CN1C(=O)CCCCCc1ccccc1. The van der Waals surface area contributed by atoms with Gasteiger partial charge in [-0.2, -0.15) is 0 Å². The van der Waals surface area contributed by atoms with Crippen molar-refractivity contribution < 1.29 is 14.4 Å². The molecule has 2 rings (SSSR count). The second kappa shape index (κ2) is 10.0. The first-order valence-corrected chi connectivity index (χ1v) is 9.95. The minimum atomic E-state index is -0.752. The number of rotatable bonds is 9. The number of benzene rings is 1. The number of carbonyl (C=O) groups is 3. The van der Waals surface area contributed by atoms with Crippen molar-refractivity contribution in [1.29, 1.82) is 0 Å². The van der Waals surface area contributed by atoms with Gasteiger partial charge in [0.25, 0.3) is 0 Å². The van der Waals surface area contributed by atoms with Crippen LogP contribution in [-0.4, -0.2) is 27.6 Å². The molecule has 0 saturated carbocycles. The van der Waals surface area contributed by atoms with Crippen molar-refractivity contribution in [2.24, 2.45) is 5.41 Å². The molecule has 0 aromatic heterocycles. The van der Waals surface area contributed by atoms with Crippen molar-refractivity contribution in [1.82, 2.24) is 10.0 Å². The van der Waals surface area contributed by atoms with E-state index in [2.05, 4.69) is 12.1 Å². The van der Waals surface area contributed by atoms with Gasteiger partial charge in [0.15, 0.2) is 0 Å². The molecule has 0 unspecified atom stereocenters. The molecule has 0 atom stereocenters. The maximum Gasteiger partial charge on any atom is 0.313 e. The molecule has 2 amide bonds. The summed E-state index contributed by atoms with van der Waals surface area (Å²) in [6.45, 7) is 5.36. The van der Waals surface area contributed by atoms with Crippen LogP contribution >= 0.6 is 0 Å². The zero-order chi connectivity index (χ0) is 20.6. The zero-order valence-corrected chi connectivity index (χ0v) is 17.1. The van der Waals surface area contributed by atoms with Gasteiger partial charge in [0.05, 0.1) is 0 Å². The van der Waals surface area contributed by atoms with Crippen molar-refractivity contribution in [2.75, 3.05) is 0 Å². The van der Waals surface area contributed by atoms with Crippen LogP contribution in [0.25, 0.3) is 0 Å². The first-order valence-electron chi connectivity index (χ1n) is 9.95. The Bertz CT molecular complexity index is 750. The Labute approximate surface area is 167 Å². The molecular formula is C23H30N2O3. The molecule has 0 aliphatic carbocycles. The summed E-state index contributed by atoms with van der Waals surface area (Å²) in [5.74, 6) is -1.35. The lowest BCUT2D eigenvalue weighted by Gasteiger charge is -2.32. The fraction of sp³-hybridized carbons (Fsp3) is 0.435. The first kappa shape index (κ1) is 21.6. The molecule has 1 aromatic carbocycles. The van der Waals surface area contributed by atoms with E-state index in [9.17, 15) is 14.4 Å². The Morgan fingerprint density at radius 2 is 1.54 bits per heavy atom. The van der Waals surface area contributed by atoms with Gasteiger partial charge < -0.3 is 0 Å². The first-order chi connectivity index (χ1) is 13.4. The number of amides is 2. The third-order valence-electron chi connectivity index (χ3n) is 5.15. The van der Waals surface area contributed by atoms with E-state index in [1.807, 2.05) is 25.1 Å². The molecule has 1 aliphatic heterocycles. The van der Waals surface area contributed by atoms with Gasteiger partial charge in [0.1, 0.15) is 0 Å². The molecule has 0 fully saturated rings. The Balaban J connectivity index is 1.86. The fourth-order valence-corrected chi connectivity index (χ4v) is 2.87. The van der Waals surface area contributed by atoms with Crippen LogP contribution in [0.5, 0.6) is 0 Å². The summed E-state index contributed by atoms with van der Waals surface area (Å²) in [7, 11) is 0. The van der Waals surface area contributed by atoms with Crippen molar-refractivity contribution in [3.63, 3.8) is 0 Å². The average Bonchev–Trinajstić information content (AvgIpc) is 2.73. The van der Waals surface area contributed by atoms with Crippen LogP contribution in [0.3, 0.4) is 0 Å². The molecule has 5 nitrogen and oxygen atoms in total. The van der Waals surface area contributed by atoms with E-state index >= 15 is 0 Å². The van der Waals surface area contributed by atoms with E-state index in [0.29, 0.717) is 12.8 Å². The Hall–Kier alpha value is -2.69. The largest absolute Gasteiger partial charge is 0.313 e. The molecule has 1 aromatic rings.